The van der Waals surface area contributed by atoms with Crippen molar-refractivity contribution < 1.29 is 9.53 Å². The Morgan fingerprint density at radius 2 is 2.18 bits per heavy atom. The predicted molar refractivity (Wildman–Crippen MR) is 63.6 cm³/mol. The van der Waals surface area contributed by atoms with Gasteiger partial charge in [-0.15, -0.1) is 0 Å². The van der Waals surface area contributed by atoms with E-state index >= 15 is 0 Å². The van der Waals surface area contributed by atoms with E-state index in [1.807, 2.05) is 6.07 Å². The van der Waals surface area contributed by atoms with E-state index in [4.69, 9.17) is 4.74 Å². The summed E-state index contributed by atoms with van der Waals surface area (Å²) in [4.78, 5) is 13.5. The minimum atomic E-state index is -0.272. The Hall–Kier alpha value is -1.55. The molecule has 3 rings (SSSR count). The lowest BCUT2D eigenvalue weighted by Gasteiger charge is -2.21. The number of amides is 1. The number of rotatable bonds is 2. The Kier molecular flexibility index (Phi) is 2.52. The van der Waals surface area contributed by atoms with Crippen LogP contribution in [0.2, 0.25) is 0 Å². The van der Waals surface area contributed by atoms with Crippen molar-refractivity contribution >= 4 is 6.09 Å². The Balaban J connectivity index is 1.63. The highest BCUT2D eigenvalue weighted by atomic mass is 16.6. The maximum Gasteiger partial charge on any atom is 0.407 e. The minimum absolute atomic E-state index is 0.272. The van der Waals surface area contributed by atoms with E-state index in [9.17, 15) is 4.79 Å². The zero-order valence-corrected chi connectivity index (χ0v) is 9.69. The smallest absolute Gasteiger partial charge is 0.407 e. The van der Waals surface area contributed by atoms with Crippen molar-refractivity contribution in [2.75, 3.05) is 19.6 Å². The van der Waals surface area contributed by atoms with Gasteiger partial charge >= 0.3 is 6.09 Å². The number of likely N-dealkylation sites (tertiary alicyclic amines) is 1. The van der Waals surface area contributed by atoms with Gasteiger partial charge in [-0.2, -0.15) is 0 Å². The van der Waals surface area contributed by atoms with Crippen molar-refractivity contribution in [3.63, 3.8) is 0 Å². The van der Waals surface area contributed by atoms with E-state index in [1.54, 1.807) is 0 Å². The lowest BCUT2D eigenvalue weighted by molar-refractivity contribution is 0.0629. The first-order chi connectivity index (χ1) is 8.26. The van der Waals surface area contributed by atoms with E-state index < -0.39 is 0 Å². The molecule has 0 aromatic heterocycles. The molecule has 1 N–H and O–H groups in total. The zero-order chi connectivity index (χ0) is 11.7. The number of alkyl carbamates (subject to hydrolysis) is 1. The van der Waals surface area contributed by atoms with E-state index in [2.05, 4.69) is 34.5 Å². The number of benzene rings is 1. The molecule has 1 unspecified atom stereocenters. The quantitative estimate of drug-likeness (QED) is 0.837. The van der Waals surface area contributed by atoms with Crippen molar-refractivity contribution in [1.29, 1.82) is 0 Å². The Bertz CT molecular complexity index is 421. The average molecular weight is 232 g/mol. The maximum absolute atomic E-state index is 11.1. The molecular weight excluding hydrogens is 216 g/mol. The van der Waals surface area contributed by atoms with E-state index in [-0.39, 0.29) is 11.7 Å². The van der Waals surface area contributed by atoms with Crippen molar-refractivity contribution in [3.8, 4) is 0 Å². The van der Waals surface area contributed by atoms with E-state index in [1.165, 1.54) is 5.56 Å². The molecule has 2 aliphatic rings. The van der Waals surface area contributed by atoms with Gasteiger partial charge in [0, 0.05) is 26.1 Å². The van der Waals surface area contributed by atoms with Crippen LogP contribution in [0.25, 0.3) is 0 Å². The molecule has 0 aliphatic carbocycles. The molecule has 0 bridgehead atoms. The van der Waals surface area contributed by atoms with Gasteiger partial charge in [0.1, 0.15) is 5.60 Å². The van der Waals surface area contributed by atoms with Crippen LogP contribution in [0.4, 0.5) is 4.79 Å². The van der Waals surface area contributed by atoms with Crippen LogP contribution in [0, 0.1) is 0 Å². The summed E-state index contributed by atoms with van der Waals surface area (Å²) in [5, 5.41) is 2.75. The summed E-state index contributed by atoms with van der Waals surface area (Å²) in [5.74, 6) is 0. The number of hydrogen-bond acceptors (Lipinski definition) is 3. The van der Waals surface area contributed by atoms with Crippen LogP contribution in [0.3, 0.4) is 0 Å². The summed E-state index contributed by atoms with van der Waals surface area (Å²) in [6, 6.07) is 10.4. The summed E-state index contributed by atoms with van der Waals surface area (Å²) in [7, 11) is 0. The van der Waals surface area contributed by atoms with Crippen LogP contribution in [0.5, 0.6) is 0 Å². The van der Waals surface area contributed by atoms with Gasteiger partial charge in [-0.25, -0.2) is 4.79 Å². The summed E-state index contributed by atoms with van der Waals surface area (Å²) in [6.07, 6.45) is 0.657. The minimum Gasteiger partial charge on any atom is -0.440 e. The lowest BCUT2D eigenvalue weighted by Crippen LogP contribution is -2.36. The number of carbonyl (C=O) groups excluding carboxylic acids is 1. The number of hydrogen-bond donors (Lipinski definition) is 1. The highest BCUT2D eigenvalue weighted by Crippen LogP contribution is 2.29. The number of nitrogens with one attached hydrogen (secondary N) is 1. The molecule has 4 nitrogen and oxygen atoms in total. The number of nitrogens with zero attached hydrogens (tertiary/aromatic N) is 1. The summed E-state index contributed by atoms with van der Waals surface area (Å²) < 4.78 is 5.39. The van der Waals surface area contributed by atoms with Crippen LogP contribution in [0.1, 0.15) is 12.0 Å². The maximum atomic E-state index is 11.1. The topological polar surface area (TPSA) is 41.6 Å². The monoisotopic (exact) mass is 232 g/mol. The molecule has 2 fully saturated rings. The Morgan fingerprint density at radius 3 is 2.88 bits per heavy atom. The fourth-order valence-electron chi connectivity index (χ4n) is 2.63. The van der Waals surface area contributed by atoms with Gasteiger partial charge in [0.2, 0.25) is 0 Å². The molecule has 2 aliphatic heterocycles. The SMILES string of the molecule is O=C1NCC2(CCN(Cc3ccccc3)C2)O1. The first kappa shape index (κ1) is 10.6. The van der Waals surface area contributed by atoms with Crippen molar-refractivity contribution in [3.05, 3.63) is 35.9 Å². The predicted octanol–water partition coefficient (Wildman–Crippen LogP) is 1.37. The van der Waals surface area contributed by atoms with Gasteiger partial charge in [-0.3, -0.25) is 4.90 Å². The van der Waals surface area contributed by atoms with E-state index in [0.29, 0.717) is 6.54 Å². The highest BCUT2D eigenvalue weighted by Gasteiger charge is 2.45. The van der Waals surface area contributed by atoms with Crippen LogP contribution in [-0.2, 0) is 11.3 Å². The van der Waals surface area contributed by atoms with Gasteiger partial charge < -0.3 is 10.1 Å². The Labute approximate surface area is 101 Å². The average Bonchev–Trinajstić information content (AvgIpc) is 2.88. The van der Waals surface area contributed by atoms with Crippen LogP contribution >= 0.6 is 0 Å². The molecule has 2 saturated heterocycles. The molecule has 2 heterocycles. The zero-order valence-electron chi connectivity index (χ0n) is 9.69. The normalized spacial score (nSPS) is 28.4. The van der Waals surface area contributed by atoms with Gasteiger partial charge in [-0.05, 0) is 5.56 Å². The third kappa shape index (κ3) is 2.13. The molecule has 1 atom stereocenters. The lowest BCUT2D eigenvalue weighted by atomic mass is 10.0. The van der Waals surface area contributed by atoms with Gasteiger partial charge in [-0.1, -0.05) is 30.3 Å². The second-order valence-electron chi connectivity index (χ2n) is 4.87. The van der Waals surface area contributed by atoms with Crippen molar-refractivity contribution in [2.24, 2.45) is 0 Å². The standard InChI is InChI=1S/C13H16N2O2/c16-12-14-9-13(17-12)6-7-15(10-13)8-11-4-2-1-3-5-11/h1-5H,6-10H2,(H,14,16). The molecule has 1 spiro atoms. The molecular formula is C13H16N2O2. The molecule has 1 aromatic rings. The van der Waals surface area contributed by atoms with Gasteiger partial charge in [0.05, 0.1) is 6.54 Å². The number of carbonyl (C=O) groups is 1. The summed E-state index contributed by atoms with van der Waals surface area (Å²) in [5.41, 5.74) is 1.04. The molecule has 17 heavy (non-hydrogen) atoms. The summed E-state index contributed by atoms with van der Waals surface area (Å²) in [6.45, 7) is 3.40. The Morgan fingerprint density at radius 1 is 1.35 bits per heavy atom. The van der Waals surface area contributed by atoms with Gasteiger partial charge in [0.15, 0.2) is 0 Å². The molecule has 0 saturated carbocycles. The molecule has 4 heteroatoms. The first-order valence-electron chi connectivity index (χ1n) is 5.99. The number of ether oxygens (including phenoxy) is 1. The second-order valence-corrected chi connectivity index (χ2v) is 4.87. The van der Waals surface area contributed by atoms with Crippen LogP contribution in [-0.4, -0.2) is 36.2 Å². The van der Waals surface area contributed by atoms with Crippen molar-refractivity contribution in [2.45, 2.75) is 18.6 Å². The first-order valence-corrected chi connectivity index (χ1v) is 5.99. The third-order valence-corrected chi connectivity index (χ3v) is 3.51. The highest BCUT2D eigenvalue weighted by molar-refractivity contribution is 5.70. The summed E-state index contributed by atoms with van der Waals surface area (Å²) >= 11 is 0. The largest absolute Gasteiger partial charge is 0.440 e. The van der Waals surface area contributed by atoms with Gasteiger partial charge in [0.25, 0.3) is 0 Å². The molecule has 90 valence electrons. The second kappa shape index (κ2) is 4.04. The van der Waals surface area contributed by atoms with Crippen molar-refractivity contribution in [1.82, 2.24) is 10.2 Å². The molecule has 1 aromatic carbocycles. The molecule has 0 radical (unpaired) electrons. The van der Waals surface area contributed by atoms with Crippen LogP contribution in [0.15, 0.2) is 30.3 Å². The van der Waals surface area contributed by atoms with E-state index in [0.717, 1.165) is 26.1 Å². The molecule has 1 amide bonds. The fraction of sp³-hybridized carbons (Fsp3) is 0.462. The fourth-order valence-corrected chi connectivity index (χ4v) is 2.63. The third-order valence-electron chi connectivity index (χ3n) is 3.51. The van der Waals surface area contributed by atoms with Crippen LogP contribution < -0.4 is 5.32 Å².